The van der Waals surface area contributed by atoms with Gasteiger partial charge in [-0.15, -0.1) is 0 Å². The molecule has 1 atom stereocenters. The second-order valence-electron chi connectivity index (χ2n) is 4.29. The largest absolute Gasteiger partial charge is 0.495 e. The Balaban J connectivity index is 2.35. The maximum atomic E-state index is 11.5. The van der Waals surface area contributed by atoms with E-state index in [0.29, 0.717) is 26.5 Å². The van der Waals surface area contributed by atoms with Crippen molar-refractivity contribution >= 4 is 39.2 Å². The monoisotopic (exact) mass is 369 g/mol. The smallest absolute Gasteiger partial charge is 0.330 e. The Labute approximate surface area is 135 Å². The van der Waals surface area contributed by atoms with Crippen LogP contribution in [0.25, 0.3) is 0 Å². The maximum Gasteiger partial charge on any atom is 0.330 e. The van der Waals surface area contributed by atoms with Gasteiger partial charge >= 0.3 is 5.97 Å². The van der Waals surface area contributed by atoms with Crippen LogP contribution in [0.2, 0.25) is 5.02 Å². The fourth-order valence-corrected chi connectivity index (χ4v) is 2.41. The molecular weight excluding hydrogens is 358 g/mol. The molecule has 1 unspecified atom stereocenters. The Morgan fingerprint density at radius 3 is 2.67 bits per heavy atom. The third kappa shape index (κ3) is 3.68. The van der Waals surface area contributed by atoms with Crippen LogP contribution in [0.15, 0.2) is 46.9 Å². The number of anilines is 1. The first-order valence-corrected chi connectivity index (χ1v) is 7.27. The summed E-state index contributed by atoms with van der Waals surface area (Å²) in [5.41, 5.74) is 1.20. The summed E-state index contributed by atoms with van der Waals surface area (Å²) in [6.45, 7) is 0. The first-order valence-electron chi connectivity index (χ1n) is 6.10. The van der Waals surface area contributed by atoms with E-state index in [0.717, 1.165) is 0 Å². The van der Waals surface area contributed by atoms with E-state index in [4.69, 9.17) is 16.3 Å². The second-order valence-corrected chi connectivity index (χ2v) is 5.55. The van der Waals surface area contributed by atoms with Crippen molar-refractivity contribution in [2.24, 2.45) is 0 Å². The number of hydrogen-bond acceptors (Lipinski definition) is 3. The molecule has 0 fully saturated rings. The summed E-state index contributed by atoms with van der Waals surface area (Å²) in [7, 11) is 1.54. The van der Waals surface area contributed by atoms with Crippen molar-refractivity contribution in [2.75, 3.05) is 12.4 Å². The standard InChI is InChI=1S/C15H13BrClNO3/c1-21-13-5-3-2-4-12(13)18-14(15(19)20)9-6-7-11(17)10(16)8-9/h2-8,14,18H,1H3,(H,19,20). The number of ether oxygens (including phenoxy) is 1. The Kier molecular flexibility index (Phi) is 5.09. The summed E-state index contributed by atoms with van der Waals surface area (Å²) < 4.78 is 5.87. The molecule has 0 heterocycles. The molecule has 6 heteroatoms. The number of carboxylic acid groups (broad SMARTS) is 1. The van der Waals surface area contributed by atoms with Crippen molar-refractivity contribution in [2.45, 2.75) is 6.04 Å². The van der Waals surface area contributed by atoms with Crippen LogP contribution in [0, 0.1) is 0 Å². The number of carbonyl (C=O) groups is 1. The zero-order valence-electron chi connectivity index (χ0n) is 11.1. The molecule has 0 saturated heterocycles. The molecule has 0 aliphatic rings. The number of halogens is 2. The van der Waals surface area contributed by atoms with Crippen molar-refractivity contribution in [3.05, 3.63) is 57.5 Å². The fourth-order valence-electron chi connectivity index (χ4n) is 1.90. The topological polar surface area (TPSA) is 58.6 Å². The number of aliphatic carboxylic acids is 1. The predicted octanol–water partition coefficient (Wildman–Crippen LogP) is 4.35. The molecule has 0 amide bonds. The minimum absolute atomic E-state index is 0.528. The van der Waals surface area contributed by atoms with Gasteiger partial charge in [0.05, 0.1) is 17.8 Å². The van der Waals surface area contributed by atoms with Crippen LogP contribution < -0.4 is 10.1 Å². The van der Waals surface area contributed by atoms with E-state index in [9.17, 15) is 9.90 Å². The van der Waals surface area contributed by atoms with Crippen molar-refractivity contribution in [3.8, 4) is 5.75 Å². The van der Waals surface area contributed by atoms with Gasteiger partial charge in [0.2, 0.25) is 0 Å². The Bertz CT molecular complexity index is 663. The molecule has 0 aliphatic heterocycles. The van der Waals surface area contributed by atoms with E-state index in [1.165, 1.54) is 7.11 Å². The first-order chi connectivity index (χ1) is 10.0. The van der Waals surface area contributed by atoms with Crippen LogP contribution in [0.4, 0.5) is 5.69 Å². The number of nitrogens with one attached hydrogen (secondary N) is 1. The average molecular weight is 371 g/mol. The zero-order chi connectivity index (χ0) is 15.4. The van der Waals surface area contributed by atoms with E-state index >= 15 is 0 Å². The highest BCUT2D eigenvalue weighted by Crippen LogP contribution is 2.31. The predicted molar refractivity (Wildman–Crippen MR) is 86.1 cm³/mol. The van der Waals surface area contributed by atoms with Gasteiger partial charge in [-0.25, -0.2) is 4.79 Å². The Morgan fingerprint density at radius 1 is 1.33 bits per heavy atom. The van der Waals surface area contributed by atoms with E-state index in [1.54, 1.807) is 30.3 Å². The molecule has 2 aromatic rings. The van der Waals surface area contributed by atoms with Crippen LogP contribution in [-0.4, -0.2) is 18.2 Å². The SMILES string of the molecule is COc1ccccc1NC(C(=O)O)c1ccc(Cl)c(Br)c1. The quantitative estimate of drug-likeness (QED) is 0.821. The van der Waals surface area contributed by atoms with Gasteiger partial charge in [-0.2, -0.15) is 0 Å². The van der Waals surface area contributed by atoms with Gasteiger partial charge in [0.15, 0.2) is 6.04 Å². The lowest BCUT2D eigenvalue weighted by Gasteiger charge is -2.18. The normalized spacial score (nSPS) is 11.8. The minimum Gasteiger partial charge on any atom is -0.495 e. The van der Waals surface area contributed by atoms with Gasteiger partial charge in [0.25, 0.3) is 0 Å². The second kappa shape index (κ2) is 6.83. The van der Waals surface area contributed by atoms with Gasteiger partial charge < -0.3 is 15.2 Å². The summed E-state index contributed by atoms with van der Waals surface area (Å²) in [5.74, 6) is -0.410. The number of rotatable bonds is 5. The van der Waals surface area contributed by atoms with Crippen molar-refractivity contribution in [1.82, 2.24) is 0 Å². The lowest BCUT2D eigenvalue weighted by atomic mass is 10.1. The molecule has 0 spiro atoms. The summed E-state index contributed by atoms with van der Waals surface area (Å²) in [6.07, 6.45) is 0. The molecule has 0 bridgehead atoms. The molecule has 0 aliphatic carbocycles. The summed E-state index contributed by atoms with van der Waals surface area (Å²) in [4.78, 5) is 11.5. The minimum atomic E-state index is -0.991. The van der Waals surface area contributed by atoms with Crippen LogP contribution in [0.3, 0.4) is 0 Å². The van der Waals surface area contributed by atoms with Gasteiger partial charge in [0, 0.05) is 4.47 Å². The number of benzene rings is 2. The molecule has 4 nitrogen and oxygen atoms in total. The third-order valence-electron chi connectivity index (χ3n) is 2.93. The van der Waals surface area contributed by atoms with Crippen molar-refractivity contribution in [1.29, 1.82) is 0 Å². The maximum absolute atomic E-state index is 11.5. The number of carboxylic acids is 1. The van der Waals surface area contributed by atoms with Gasteiger partial charge in [0.1, 0.15) is 5.75 Å². The first kappa shape index (κ1) is 15.7. The van der Waals surface area contributed by atoms with Gasteiger partial charge in [-0.1, -0.05) is 29.8 Å². The van der Waals surface area contributed by atoms with E-state index in [-0.39, 0.29) is 0 Å². The molecule has 0 saturated carbocycles. The van der Waals surface area contributed by atoms with E-state index in [2.05, 4.69) is 21.2 Å². The highest BCUT2D eigenvalue weighted by atomic mass is 79.9. The van der Waals surface area contributed by atoms with Crippen LogP contribution in [-0.2, 0) is 4.79 Å². The highest BCUT2D eigenvalue weighted by molar-refractivity contribution is 9.10. The molecule has 110 valence electrons. The highest BCUT2D eigenvalue weighted by Gasteiger charge is 2.21. The summed E-state index contributed by atoms with van der Waals surface area (Å²) >= 11 is 9.24. The van der Waals surface area contributed by atoms with Crippen LogP contribution in [0.5, 0.6) is 5.75 Å². The number of para-hydroxylation sites is 2. The summed E-state index contributed by atoms with van der Waals surface area (Å²) in [6, 6.07) is 11.3. The third-order valence-corrected chi connectivity index (χ3v) is 4.14. The van der Waals surface area contributed by atoms with Crippen LogP contribution >= 0.6 is 27.5 Å². The van der Waals surface area contributed by atoms with E-state index < -0.39 is 12.0 Å². The molecule has 0 radical (unpaired) electrons. The average Bonchev–Trinajstić information content (AvgIpc) is 2.48. The van der Waals surface area contributed by atoms with Gasteiger partial charge in [-0.3, -0.25) is 0 Å². The molecule has 2 aromatic carbocycles. The summed E-state index contributed by atoms with van der Waals surface area (Å²) in [5, 5.41) is 13.0. The zero-order valence-corrected chi connectivity index (χ0v) is 13.5. The number of hydrogen-bond donors (Lipinski definition) is 2. The van der Waals surface area contributed by atoms with Crippen molar-refractivity contribution < 1.29 is 14.6 Å². The molecule has 2 N–H and O–H groups in total. The van der Waals surface area contributed by atoms with Crippen LogP contribution in [0.1, 0.15) is 11.6 Å². The molecule has 2 rings (SSSR count). The lowest BCUT2D eigenvalue weighted by Crippen LogP contribution is -2.20. The lowest BCUT2D eigenvalue weighted by molar-refractivity contribution is -0.138. The van der Waals surface area contributed by atoms with E-state index in [1.807, 2.05) is 12.1 Å². The molecule has 0 aromatic heterocycles. The number of methoxy groups -OCH3 is 1. The fraction of sp³-hybridized carbons (Fsp3) is 0.133. The Hall–Kier alpha value is -1.72. The molecular formula is C15H13BrClNO3. The Morgan fingerprint density at radius 2 is 2.05 bits per heavy atom. The van der Waals surface area contributed by atoms with Crippen molar-refractivity contribution in [3.63, 3.8) is 0 Å². The van der Waals surface area contributed by atoms with Gasteiger partial charge in [-0.05, 0) is 45.8 Å². The molecule has 21 heavy (non-hydrogen) atoms.